The molecule has 0 radical (unpaired) electrons. The first-order valence-electron chi connectivity index (χ1n) is 13.1. The van der Waals surface area contributed by atoms with Crippen LogP contribution in [0.5, 0.6) is 0 Å². The fourth-order valence-corrected chi connectivity index (χ4v) is 4.56. The molecule has 0 atom stereocenters. The SMILES string of the molecule is CCN(CC)c1ccc(-c2nnc(Cc3ccc(C)cc3)nc2-c2ccc(N(CC)CC)cc2)cc1. The van der Waals surface area contributed by atoms with Crippen LogP contribution in [0.25, 0.3) is 22.5 Å². The molecule has 0 aliphatic carbocycles. The highest BCUT2D eigenvalue weighted by Crippen LogP contribution is 2.31. The van der Waals surface area contributed by atoms with Crippen molar-refractivity contribution in [3.8, 4) is 22.5 Å². The Labute approximate surface area is 215 Å². The van der Waals surface area contributed by atoms with Crippen LogP contribution >= 0.6 is 0 Å². The van der Waals surface area contributed by atoms with Crippen LogP contribution in [0, 0.1) is 6.92 Å². The molecule has 5 nitrogen and oxygen atoms in total. The van der Waals surface area contributed by atoms with E-state index in [9.17, 15) is 0 Å². The van der Waals surface area contributed by atoms with Crippen molar-refractivity contribution in [3.05, 3.63) is 89.7 Å². The van der Waals surface area contributed by atoms with Gasteiger partial charge in [0.1, 0.15) is 11.4 Å². The zero-order valence-corrected chi connectivity index (χ0v) is 22.2. The Hall–Kier alpha value is -3.73. The second-order valence-electron chi connectivity index (χ2n) is 9.03. The zero-order chi connectivity index (χ0) is 25.5. The standard InChI is InChI=1S/C31H37N5/c1-6-35(7-2)27-18-14-25(15-19-27)30-31(26-16-20-28(21-17-26)36(8-3)9-4)34-33-29(32-30)22-24-12-10-23(5)11-13-24/h10-21H,6-9,22H2,1-5H3. The topological polar surface area (TPSA) is 45.2 Å². The largest absolute Gasteiger partial charge is 0.372 e. The number of hydrogen-bond donors (Lipinski definition) is 0. The Bertz CT molecular complexity index is 1240. The van der Waals surface area contributed by atoms with Crippen LogP contribution in [0.2, 0.25) is 0 Å². The molecule has 0 amide bonds. The van der Waals surface area contributed by atoms with E-state index in [0.717, 1.165) is 54.5 Å². The average Bonchev–Trinajstić information content (AvgIpc) is 2.92. The van der Waals surface area contributed by atoms with Gasteiger partial charge in [-0.2, -0.15) is 0 Å². The van der Waals surface area contributed by atoms with Gasteiger partial charge in [0, 0.05) is 55.1 Å². The first kappa shape index (κ1) is 25.4. The molecule has 0 saturated carbocycles. The molecule has 0 fully saturated rings. The summed E-state index contributed by atoms with van der Waals surface area (Å²) in [5.74, 6) is 0.727. The molecular formula is C31H37N5. The van der Waals surface area contributed by atoms with Gasteiger partial charge in [0.05, 0.1) is 0 Å². The van der Waals surface area contributed by atoms with Crippen molar-refractivity contribution in [3.63, 3.8) is 0 Å². The number of hydrogen-bond acceptors (Lipinski definition) is 5. The number of aromatic nitrogens is 3. The third-order valence-corrected chi connectivity index (χ3v) is 6.75. The number of anilines is 2. The van der Waals surface area contributed by atoms with Crippen molar-refractivity contribution in [1.29, 1.82) is 0 Å². The summed E-state index contributed by atoms with van der Waals surface area (Å²) in [6, 6.07) is 25.8. The summed E-state index contributed by atoms with van der Waals surface area (Å²) >= 11 is 0. The van der Waals surface area contributed by atoms with Crippen LogP contribution < -0.4 is 9.80 Å². The molecule has 0 aliphatic rings. The van der Waals surface area contributed by atoms with E-state index in [-0.39, 0.29) is 0 Å². The van der Waals surface area contributed by atoms with Gasteiger partial charge < -0.3 is 9.80 Å². The zero-order valence-electron chi connectivity index (χ0n) is 22.2. The van der Waals surface area contributed by atoms with Gasteiger partial charge in [0.2, 0.25) is 0 Å². The highest BCUT2D eigenvalue weighted by molar-refractivity contribution is 5.79. The molecule has 0 bridgehead atoms. The maximum Gasteiger partial charge on any atom is 0.156 e. The van der Waals surface area contributed by atoms with E-state index in [0.29, 0.717) is 6.42 Å². The Kier molecular flexibility index (Phi) is 8.32. The summed E-state index contributed by atoms with van der Waals surface area (Å²) in [6.07, 6.45) is 0.652. The molecule has 1 heterocycles. The third kappa shape index (κ3) is 5.73. The van der Waals surface area contributed by atoms with E-state index in [1.807, 2.05) is 0 Å². The highest BCUT2D eigenvalue weighted by Gasteiger charge is 2.15. The number of benzene rings is 3. The van der Waals surface area contributed by atoms with Gasteiger partial charge in [-0.25, -0.2) is 4.98 Å². The molecule has 0 unspecified atom stereocenters. The molecule has 0 spiro atoms. The van der Waals surface area contributed by atoms with Crippen molar-refractivity contribution in [2.24, 2.45) is 0 Å². The molecule has 186 valence electrons. The van der Waals surface area contributed by atoms with Crippen molar-refractivity contribution < 1.29 is 0 Å². The Morgan fingerprint density at radius 1 is 0.556 bits per heavy atom. The van der Waals surface area contributed by atoms with Crippen LogP contribution in [-0.2, 0) is 6.42 Å². The predicted octanol–water partition coefficient (Wildman–Crippen LogP) is 6.80. The minimum atomic E-state index is 0.652. The lowest BCUT2D eigenvalue weighted by Gasteiger charge is -2.21. The van der Waals surface area contributed by atoms with E-state index < -0.39 is 0 Å². The minimum absolute atomic E-state index is 0.652. The van der Waals surface area contributed by atoms with Crippen molar-refractivity contribution in [1.82, 2.24) is 15.2 Å². The van der Waals surface area contributed by atoms with Gasteiger partial charge in [-0.3, -0.25) is 0 Å². The van der Waals surface area contributed by atoms with Crippen molar-refractivity contribution >= 4 is 11.4 Å². The lowest BCUT2D eigenvalue weighted by molar-refractivity contribution is 0.864. The first-order chi connectivity index (χ1) is 17.6. The lowest BCUT2D eigenvalue weighted by Crippen LogP contribution is -2.21. The lowest BCUT2D eigenvalue weighted by atomic mass is 10.0. The molecule has 1 aromatic heterocycles. The summed E-state index contributed by atoms with van der Waals surface area (Å²) in [7, 11) is 0. The fourth-order valence-electron chi connectivity index (χ4n) is 4.56. The Morgan fingerprint density at radius 3 is 1.50 bits per heavy atom. The summed E-state index contributed by atoms with van der Waals surface area (Å²) in [5.41, 5.74) is 8.61. The molecule has 4 rings (SSSR count). The van der Waals surface area contributed by atoms with Gasteiger partial charge in [0.25, 0.3) is 0 Å². The second-order valence-corrected chi connectivity index (χ2v) is 9.03. The number of aryl methyl sites for hydroxylation is 1. The van der Waals surface area contributed by atoms with Gasteiger partial charge in [-0.15, -0.1) is 10.2 Å². The van der Waals surface area contributed by atoms with Gasteiger partial charge >= 0.3 is 0 Å². The minimum Gasteiger partial charge on any atom is -0.372 e. The smallest absolute Gasteiger partial charge is 0.156 e. The monoisotopic (exact) mass is 479 g/mol. The van der Waals surface area contributed by atoms with Gasteiger partial charge in [-0.1, -0.05) is 54.1 Å². The van der Waals surface area contributed by atoms with Crippen LogP contribution in [0.15, 0.2) is 72.8 Å². The molecule has 0 N–H and O–H groups in total. The highest BCUT2D eigenvalue weighted by atomic mass is 15.2. The molecule has 0 aliphatic heterocycles. The van der Waals surface area contributed by atoms with Gasteiger partial charge in [-0.05, 0) is 64.4 Å². The van der Waals surface area contributed by atoms with Gasteiger partial charge in [0.15, 0.2) is 5.82 Å². The summed E-state index contributed by atoms with van der Waals surface area (Å²) in [6.45, 7) is 14.8. The molecule has 3 aromatic carbocycles. The van der Waals surface area contributed by atoms with Crippen LogP contribution in [0.4, 0.5) is 11.4 Å². The third-order valence-electron chi connectivity index (χ3n) is 6.75. The van der Waals surface area contributed by atoms with E-state index >= 15 is 0 Å². The van der Waals surface area contributed by atoms with E-state index in [1.54, 1.807) is 0 Å². The number of nitrogens with zero attached hydrogens (tertiary/aromatic N) is 5. The molecule has 36 heavy (non-hydrogen) atoms. The van der Waals surface area contributed by atoms with Crippen LogP contribution in [-0.4, -0.2) is 41.4 Å². The quantitative estimate of drug-likeness (QED) is 0.250. The maximum atomic E-state index is 5.04. The Morgan fingerprint density at radius 2 is 1.03 bits per heavy atom. The van der Waals surface area contributed by atoms with Crippen molar-refractivity contribution in [2.45, 2.75) is 41.0 Å². The molecular weight excluding hydrogens is 442 g/mol. The molecule has 5 heteroatoms. The predicted molar refractivity (Wildman–Crippen MR) is 152 cm³/mol. The first-order valence-corrected chi connectivity index (χ1v) is 13.1. The normalized spacial score (nSPS) is 10.9. The summed E-state index contributed by atoms with van der Waals surface area (Å²) in [4.78, 5) is 9.73. The summed E-state index contributed by atoms with van der Waals surface area (Å²) < 4.78 is 0. The molecule has 4 aromatic rings. The second kappa shape index (κ2) is 11.8. The van der Waals surface area contributed by atoms with Crippen LogP contribution in [0.1, 0.15) is 44.6 Å². The summed E-state index contributed by atoms with van der Waals surface area (Å²) in [5, 5.41) is 9.25. The number of rotatable bonds is 10. The van der Waals surface area contributed by atoms with Crippen molar-refractivity contribution in [2.75, 3.05) is 36.0 Å². The van der Waals surface area contributed by atoms with E-state index in [2.05, 4.69) is 122 Å². The van der Waals surface area contributed by atoms with E-state index in [1.165, 1.54) is 22.5 Å². The average molecular weight is 480 g/mol. The molecule has 0 saturated heterocycles. The maximum absolute atomic E-state index is 5.04. The van der Waals surface area contributed by atoms with Crippen LogP contribution in [0.3, 0.4) is 0 Å². The Balaban J connectivity index is 1.74. The van der Waals surface area contributed by atoms with E-state index in [4.69, 9.17) is 10.1 Å². The fraction of sp³-hybridized carbons (Fsp3) is 0.323.